The first-order valence-corrected chi connectivity index (χ1v) is 11.2. The zero-order valence-electron chi connectivity index (χ0n) is 18.0. The molecular weight excluding hydrogens is 462 g/mol. The van der Waals surface area contributed by atoms with Crippen LogP contribution < -0.4 is 37.6 Å². The van der Waals surface area contributed by atoms with Gasteiger partial charge in [0.2, 0.25) is 17.7 Å². The van der Waals surface area contributed by atoms with E-state index in [4.69, 9.17) is 5.73 Å². The van der Waals surface area contributed by atoms with Gasteiger partial charge in [0.05, 0.1) is 6.04 Å². The second-order valence-electron chi connectivity index (χ2n) is 7.01. The Morgan fingerprint density at radius 2 is 1.42 bits per heavy atom. The zero-order chi connectivity index (χ0) is 25.6. The minimum atomic E-state index is -1.56. The quantitative estimate of drug-likeness (QED) is 0.120. The number of carbonyl (C=O) groups excluding carboxylic acids is 7. The second-order valence-corrected chi connectivity index (χ2v) is 7.99. The summed E-state index contributed by atoms with van der Waals surface area (Å²) < 4.78 is 0. The first kappa shape index (κ1) is 29.8. The SMILES string of the molecule is CSCC[C@H](NC(=O)[C@H](CCC(N)=O)NC(=O)[C@@H]([NH3+])CC(=O)[O-])C(=O)N[C@H](C=O)CC(=O)[O-]. The predicted molar refractivity (Wildman–Crippen MR) is 109 cm³/mol. The van der Waals surface area contributed by atoms with Crippen molar-refractivity contribution in [3.8, 4) is 0 Å². The van der Waals surface area contributed by atoms with Crippen LogP contribution in [0.1, 0.15) is 32.1 Å². The van der Waals surface area contributed by atoms with E-state index in [1.54, 1.807) is 6.26 Å². The number of thioether (sulfide) groups is 1. The molecule has 0 saturated carbocycles. The fraction of sp³-hybridized carbons (Fsp3) is 0.611. The molecule has 8 N–H and O–H groups in total. The summed E-state index contributed by atoms with van der Waals surface area (Å²) in [5.41, 5.74) is 8.46. The number of hydrogen-bond acceptors (Lipinski definition) is 10. The van der Waals surface area contributed by atoms with Gasteiger partial charge in [0, 0.05) is 31.2 Å². The Labute approximate surface area is 193 Å². The van der Waals surface area contributed by atoms with E-state index in [-0.39, 0.29) is 25.5 Å². The molecule has 0 aliphatic rings. The van der Waals surface area contributed by atoms with Crippen molar-refractivity contribution in [2.75, 3.05) is 12.0 Å². The molecule has 0 saturated heterocycles. The number of rotatable bonds is 17. The summed E-state index contributed by atoms with van der Waals surface area (Å²) in [7, 11) is 0. The number of nitrogens with two attached hydrogens (primary N) is 1. The Morgan fingerprint density at radius 3 is 1.91 bits per heavy atom. The fourth-order valence-electron chi connectivity index (χ4n) is 2.51. The van der Waals surface area contributed by atoms with E-state index < -0.39 is 72.6 Å². The standard InChI is InChI=1S/C18H29N5O9S/c1-33-5-4-12(17(31)21-9(8-24)6-14(26)27)23-18(32)11(2-3-13(20)25)22-16(30)10(19)7-15(28)29/h8-12H,2-7,19H2,1H3,(H2,20,25)(H,21,31)(H,22,30)(H,23,32)(H,26,27)(H,28,29)/p-1/t9-,10-,11-,12-/m0/s1. The van der Waals surface area contributed by atoms with E-state index in [0.29, 0.717) is 5.75 Å². The van der Waals surface area contributed by atoms with Gasteiger partial charge in [-0.1, -0.05) is 0 Å². The Balaban J connectivity index is 5.46. The van der Waals surface area contributed by atoms with Crippen LogP contribution in [0.15, 0.2) is 0 Å². The maximum absolute atomic E-state index is 12.8. The Bertz CT molecular complexity index is 749. The second kappa shape index (κ2) is 15.6. The monoisotopic (exact) mass is 490 g/mol. The maximum Gasteiger partial charge on any atom is 0.279 e. The number of aliphatic carboxylic acids is 2. The van der Waals surface area contributed by atoms with Crippen molar-refractivity contribution in [1.82, 2.24) is 16.0 Å². The fourth-order valence-corrected chi connectivity index (χ4v) is 2.98. The van der Waals surface area contributed by atoms with Crippen LogP contribution in [0.3, 0.4) is 0 Å². The summed E-state index contributed by atoms with van der Waals surface area (Å²) in [5, 5.41) is 28.2. The molecule has 4 atom stereocenters. The number of carboxylic acids is 2. The van der Waals surface area contributed by atoms with Gasteiger partial charge in [0.15, 0.2) is 6.04 Å². The van der Waals surface area contributed by atoms with Gasteiger partial charge in [-0.2, -0.15) is 11.8 Å². The number of aldehydes is 1. The third-order valence-corrected chi connectivity index (χ3v) is 4.86. The number of primary amides is 1. The van der Waals surface area contributed by atoms with E-state index in [0.717, 1.165) is 0 Å². The number of carbonyl (C=O) groups is 7. The molecule has 4 amide bonds. The summed E-state index contributed by atoms with van der Waals surface area (Å²) >= 11 is 1.35. The molecule has 0 bridgehead atoms. The molecule has 0 aromatic rings. The highest BCUT2D eigenvalue weighted by atomic mass is 32.2. The van der Waals surface area contributed by atoms with Gasteiger partial charge in [-0.05, 0) is 24.9 Å². The minimum Gasteiger partial charge on any atom is -0.550 e. The van der Waals surface area contributed by atoms with Crippen LogP contribution in [0, 0.1) is 0 Å². The average molecular weight is 491 g/mol. The van der Waals surface area contributed by atoms with Gasteiger partial charge >= 0.3 is 0 Å². The molecule has 33 heavy (non-hydrogen) atoms. The van der Waals surface area contributed by atoms with Crippen LogP contribution >= 0.6 is 11.8 Å². The van der Waals surface area contributed by atoms with E-state index in [2.05, 4.69) is 21.7 Å². The molecule has 0 fully saturated rings. The topological polar surface area (TPSA) is 255 Å². The first-order valence-electron chi connectivity index (χ1n) is 9.77. The predicted octanol–water partition coefficient (Wildman–Crippen LogP) is -6.45. The van der Waals surface area contributed by atoms with E-state index in [1.165, 1.54) is 11.8 Å². The number of amides is 4. The molecule has 0 radical (unpaired) electrons. The molecule has 15 heteroatoms. The summed E-state index contributed by atoms with van der Waals surface area (Å²) in [6.45, 7) is 0. The van der Waals surface area contributed by atoms with Crippen LogP contribution in [0.5, 0.6) is 0 Å². The van der Waals surface area contributed by atoms with Gasteiger partial charge < -0.3 is 52.0 Å². The van der Waals surface area contributed by atoms with Gasteiger partial charge in [-0.3, -0.25) is 19.2 Å². The maximum atomic E-state index is 12.8. The van der Waals surface area contributed by atoms with Crippen molar-refractivity contribution in [3.05, 3.63) is 0 Å². The van der Waals surface area contributed by atoms with Crippen molar-refractivity contribution in [3.63, 3.8) is 0 Å². The third kappa shape index (κ3) is 13.1. The van der Waals surface area contributed by atoms with Crippen LogP contribution in [0.25, 0.3) is 0 Å². The molecule has 0 unspecified atom stereocenters. The third-order valence-electron chi connectivity index (χ3n) is 4.22. The minimum absolute atomic E-state index is 0.0920. The summed E-state index contributed by atoms with van der Waals surface area (Å²) in [6, 6.07) is -5.22. The van der Waals surface area contributed by atoms with Gasteiger partial charge in [0.25, 0.3) is 5.91 Å². The van der Waals surface area contributed by atoms with Crippen LogP contribution in [-0.4, -0.2) is 78.0 Å². The molecule has 0 aliphatic heterocycles. The van der Waals surface area contributed by atoms with Crippen LogP contribution in [-0.2, 0) is 33.6 Å². The van der Waals surface area contributed by atoms with Crippen molar-refractivity contribution >= 4 is 53.6 Å². The number of nitrogens with one attached hydrogen (secondary N) is 3. The number of hydrogen-bond donors (Lipinski definition) is 5. The first-order chi connectivity index (χ1) is 15.4. The molecular formula is C18H28N5O9S-. The Morgan fingerprint density at radius 1 is 0.909 bits per heavy atom. The molecule has 0 aliphatic carbocycles. The summed E-state index contributed by atoms with van der Waals surface area (Å²) in [4.78, 5) is 81.0. The molecule has 0 aromatic heterocycles. The summed E-state index contributed by atoms with van der Waals surface area (Å²) in [6.07, 6.45) is 0.0180. The van der Waals surface area contributed by atoms with Gasteiger partial charge in [0.1, 0.15) is 18.4 Å². The van der Waals surface area contributed by atoms with Crippen molar-refractivity contribution in [2.45, 2.75) is 56.3 Å². The van der Waals surface area contributed by atoms with Crippen molar-refractivity contribution in [2.24, 2.45) is 5.73 Å². The largest absolute Gasteiger partial charge is 0.550 e. The highest BCUT2D eigenvalue weighted by molar-refractivity contribution is 7.98. The highest BCUT2D eigenvalue weighted by Crippen LogP contribution is 2.05. The van der Waals surface area contributed by atoms with Crippen LogP contribution in [0.2, 0.25) is 0 Å². The van der Waals surface area contributed by atoms with Gasteiger partial charge in [-0.15, -0.1) is 0 Å². The zero-order valence-corrected chi connectivity index (χ0v) is 18.8. The lowest BCUT2D eigenvalue weighted by Gasteiger charge is -2.24. The van der Waals surface area contributed by atoms with E-state index in [1.807, 2.05) is 0 Å². The van der Waals surface area contributed by atoms with E-state index in [9.17, 15) is 43.8 Å². The molecule has 14 nitrogen and oxygen atoms in total. The molecule has 0 aromatic carbocycles. The van der Waals surface area contributed by atoms with Crippen LogP contribution in [0.4, 0.5) is 0 Å². The lowest BCUT2D eigenvalue weighted by Crippen LogP contribution is -2.70. The number of quaternary nitrogens is 1. The average Bonchev–Trinajstić information content (AvgIpc) is 2.71. The lowest BCUT2D eigenvalue weighted by atomic mass is 10.1. The number of carboxylic acid groups (broad SMARTS) is 2. The summed E-state index contributed by atoms with van der Waals surface area (Å²) in [5.74, 6) is -6.09. The van der Waals surface area contributed by atoms with Crippen molar-refractivity contribution in [1.29, 1.82) is 0 Å². The molecule has 0 heterocycles. The van der Waals surface area contributed by atoms with Gasteiger partial charge in [-0.25, -0.2) is 0 Å². The lowest BCUT2D eigenvalue weighted by molar-refractivity contribution is -0.408. The Hall–Kier alpha value is -3.20. The highest BCUT2D eigenvalue weighted by Gasteiger charge is 2.30. The normalized spacial score (nSPS) is 14.1. The van der Waals surface area contributed by atoms with E-state index >= 15 is 0 Å². The molecule has 0 rings (SSSR count). The smallest absolute Gasteiger partial charge is 0.279 e. The Kier molecular flexibility index (Phi) is 14.1. The molecule has 0 spiro atoms. The van der Waals surface area contributed by atoms with Crippen molar-refractivity contribution < 1.29 is 49.5 Å². The molecule has 186 valence electrons.